The lowest BCUT2D eigenvalue weighted by atomic mass is 10.1. The quantitative estimate of drug-likeness (QED) is 0.248. The third kappa shape index (κ3) is 33.7. The summed E-state index contributed by atoms with van der Waals surface area (Å²) in [7, 11) is -8.45. The van der Waals surface area contributed by atoms with Gasteiger partial charge in [0.15, 0.2) is 0 Å². The Morgan fingerprint density at radius 1 is 0.519 bits per heavy atom. The Morgan fingerprint density at radius 3 is 1.04 bits per heavy atom. The number of unbranched alkanes of at least 4 members (excludes halogenated alkanes) is 11. The van der Waals surface area contributed by atoms with Gasteiger partial charge in [0.25, 0.3) is 0 Å². The molecule has 0 saturated carbocycles. The van der Waals surface area contributed by atoms with E-state index in [1.807, 2.05) is 0 Å². The van der Waals surface area contributed by atoms with E-state index in [1.165, 1.54) is 44.9 Å². The number of hydrogen-bond donors (Lipinski definition) is 2. The molecular formula is C17H38O8S2. The van der Waals surface area contributed by atoms with Crippen LogP contribution in [-0.4, -0.2) is 39.2 Å². The minimum Gasteiger partial charge on any atom is -0.264 e. The van der Waals surface area contributed by atoms with Crippen LogP contribution in [0.2, 0.25) is 0 Å². The molecule has 0 aromatic rings. The first-order valence-electron chi connectivity index (χ1n) is 9.86. The third-order valence-electron chi connectivity index (χ3n) is 3.71. The van der Waals surface area contributed by atoms with E-state index < -0.39 is 20.8 Å². The maximum Gasteiger partial charge on any atom is 0.397 e. The van der Waals surface area contributed by atoms with Gasteiger partial charge in [-0.15, -0.1) is 0 Å². The average Bonchev–Trinajstić information content (AvgIpc) is 2.55. The minimum absolute atomic E-state index is 0.0883. The molecule has 2 N–H and O–H groups in total. The fourth-order valence-electron chi connectivity index (χ4n) is 2.27. The highest BCUT2D eigenvalue weighted by molar-refractivity contribution is 7.81. The van der Waals surface area contributed by atoms with Crippen LogP contribution in [0.5, 0.6) is 0 Å². The smallest absolute Gasteiger partial charge is 0.264 e. The van der Waals surface area contributed by atoms with E-state index in [1.54, 1.807) is 0 Å². The summed E-state index contributed by atoms with van der Waals surface area (Å²) in [5.74, 6) is 0. The van der Waals surface area contributed by atoms with Crippen molar-refractivity contribution in [3.05, 3.63) is 0 Å². The van der Waals surface area contributed by atoms with Crippen LogP contribution >= 0.6 is 0 Å². The van der Waals surface area contributed by atoms with Crippen LogP contribution in [0.15, 0.2) is 0 Å². The first-order chi connectivity index (χ1) is 12.6. The SMILES string of the molecule is CCCCCCCCCOS(=O)(=O)O.CCCCCCCCOS(=O)(=O)O. The largest absolute Gasteiger partial charge is 0.397 e. The van der Waals surface area contributed by atoms with E-state index in [9.17, 15) is 16.8 Å². The lowest BCUT2D eigenvalue weighted by Gasteiger charge is -2.00. The number of hydrogen-bond acceptors (Lipinski definition) is 6. The molecule has 0 aromatic heterocycles. The Hall–Kier alpha value is -0.260. The molecule has 0 aromatic carbocycles. The second-order valence-corrected chi connectivity index (χ2v) is 8.57. The Bertz CT molecular complexity index is 503. The average molecular weight is 435 g/mol. The molecule has 0 aliphatic rings. The maximum absolute atomic E-state index is 10.1. The molecule has 0 bridgehead atoms. The standard InChI is InChI=1S/C9H20O4S.C8H18O4S/c1-2-3-4-5-6-7-8-9-13-14(10,11)12;1-2-3-4-5-6-7-8-12-13(9,10)11/h2-9H2,1H3,(H,10,11,12);2-8H2,1H3,(H,9,10,11). The van der Waals surface area contributed by atoms with Crippen LogP contribution < -0.4 is 0 Å². The van der Waals surface area contributed by atoms with Crippen molar-refractivity contribution in [1.82, 2.24) is 0 Å². The van der Waals surface area contributed by atoms with Gasteiger partial charge < -0.3 is 0 Å². The summed E-state index contributed by atoms with van der Waals surface area (Å²) < 4.78 is 65.3. The van der Waals surface area contributed by atoms with Gasteiger partial charge in [0, 0.05) is 0 Å². The fourth-order valence-corrected chi connectivity index (χ4v) is 2.93. The van der Waals surface area contributed by atoms with Crippen LogP contribution in [0.3, 0.4) is 0 Å². The Morgan fingerprint density at radius 2 is 0.778 bits per heavy atom. The van der Waals surface area contributed by atoms with Crippen LogP contribution in [0.25, 0.3) is 0 Å². The molecule has 166 valence electrons. The maximum atomic E-state index is 10.1. The molecule has 0 radical (unpaired) electrons. The van der Waals surface area contributed by atoms with Crippen molar-refractivity contribution < 1.29 is 34.3 Å². The molecule has 0 aliphatic heterocycles. The topological polar surface area (TPSA) is 127 Å². The van der Waals surface area contributed by atoms with Crippen molar-refractivity contribution in [2.45, 2.75) is 97.3 Å². The van der Waals surface area contributed by atoms with Crippen LogP contribution in [-0.2, 0) is 29.2 Å². The van der Waals surface area contributed by atoms with Gasteiger partial charge in [-0.25, -0.2) is 8.37 Å². The van der Waals surface area contributed by atoms with Gasteiger partial charge in [0.05, 0.1) is 13.2 Å². The van der Waals surface area contributed by atoms with Crippen molar-refractivity contribution >= 4 is 20.8 Å². The highest BCUT2D eigenvalue weighted by Crippen LogP contribution is 2.07. The molecular weight excluding hydrogens is 396 g/mol. The predicted molar refractivity (Wildman–Crippen MR) is 106 cm³/mol. The van der Waals surface area contributed by atoms with E-state index in [2.05, 4.69) is 22.2 Å². The summed E-state index contributed by atoms with van der Waals surface area (Å²) in [5, 5.41) is 0. The van der Waals surface area contributed by atoms with Crippen molar-refractivity contribution in [2.24, 2.45) is 0 Å². The van der Waals surface area contributed by atoms with Crippen molar-refractivity contribution in [2.75, 3.05) is 13.2 Å². The molecule has 0 unspecified atom stereocenters. The van der Waals surface area contributed by atoms with Crippen LogP contribution in [0.4, 0.5) is 0 Å². The zero-order valence-electron chi connectivity index (χ0n) is 16.8. The van der Waals surface area contributed by atoms with E-state index >= 15 is 0 Å². The second-order valence-electron chi connectivity index (χ2n) is 6.39. The highest BCUT2D eigenvalue weighted by atomic mass is 32.3. The number of rotatable bonds is 17. The molecule has 0 rings (SSSR count). The van der Waals surface area contributed by atoms with Gasteiger partial charge in [0.1, 0.15) is 0 Å². The zero-order valence-corrected chi connectivity index (χ0v) is 18.4. The lowest BCUT2D eigenvalue weighted by Crippen LogP contribution is -2.04. The summed E-state index contributed by atoms with van der Waals surface area (Å²) >= 11 is 0. The van der Waals surface area contributed by atoms with Gasteiger partial charge in [-0.1, -0.05) is 84.5 Å². The molecule has 10 heteroatoms. The molecule has 0 spiro atoms. The monoisotopic (exact) mass is 434 g/mol. The van der Waals surface area contributed by atoms with E-state index in [0.29, 0.717) is 12.8 Å². The summed E-state index contributed by atoms with van der Waals surface area (Å²) in [6.07, 6.45) is 14.0. The minimum atomic E-state index is -4.23. The molecule has 8 nitrogen and oxygen atoms in total. The van der Waals surface area contributed by atoms with E-state index in [0.717, 1.165) is 25.7 Å². The highest BCUT2D eigenvalue weighted by Gasteiger charge is 2.03. The van der Waals surface area contributed by atoms with Gasteiger partial charge in [-0.2, -0.15) is 16.8 Å². The first kappa shape index (κ1) is 28.9. The van der Waals surface area contributed by atoms with E-state index in [-0.39, 0.29) is 13.2 Å². The van der Waals surface area contributed by atoms with Crippen molar-refractivity contribution in [3.8, 4) is 0 Å². The van der Waals surface area contributed by atoms with Gasteiger partial charge in [-0.3, -0.25) is 9.11 Å². The van der Waals surface area contributed by atoms with Crippen LogP contribution in [0.1, 0.15) is 97.3 Å². The molecule has 0 aliphatic carbocycles. The second kappa shape index (κ2) is 19.1. The predicted octanol–water partition coefficient (Wildman–Crippen LogP) is 4.72. The summed E-state index contributed by atoms with van der Waals surface area (Å²) in [6.45, 7) is 4.49. The Balaban J connectivity index is 0. The molecule has 0 amide bonds. The zero-order chi connectivity index (χ0) is 21.0. The van der Waals surface area contributed by atoms with Gasteiger partial charge in [-0.05, 0) is 12.8 Å². The first-order valence-corrected chi connectivity index (χ1v) is 12.6. The molecule has 0 heterocycles. The summed E-state index contributed by atoms with van der Waals surface area (Å²) in [6, 6.07) is 0. The normalized spacial score (nSPS) is 11.9. The Labute approximate surface area is 165 Å². The Kier molecular flexibility index (Phi) is 20.4. The third-order valence-corrected chi connectivity index (χ3v) is 4.64. The van der Waals surface area contributed by atoms with Crippen molar-refractivity contribution in [3.63, 3.8) is 0 Å². The molecule has 0 atom stereocenters. The fraction of sp³-hybridized carbons (Fsp3) is 1.00. The van der Waals surface area contributed by atoms with Crippen molar-refractivity contribution in [1.29, 1.82) is 0 Å². The molecule has 27 heavy (non-hydrogen) atoms. The van der Waals surface area contributed by atoms with E-state index in [4.69, 9.17) is 9.11 Å². The molecule has 0 saturated heterocycles. The summed E-state index contributed by atoms with van der Waals surface area (Å²) in [4.78, 5) is 0. The van der Waals surface area contributed by atoms with Crippen LogP contribution in [0, 0.1) is 0 Å². The van der Waals surface area contributed by atoms with Gasteiger partial charge >= 0.3 is 20.8 Å². The summed E-state index contributed by atoms with van der Waals surface area (Å²) in [5.41, 5.74) is 0. The molecule has 0 fully saturated rings. The van der Waals surface area contributed by atoms with Gasteiger partial charge in [0.2, 0.25) is 0 Å². The lowest BCUT2D eigenvalue weighted by molar-refractivity contribution is 0.260.